The Bertz CT molecular complexity index is 3280. The smallest absolute Gasteiger partial charge is 0.0541 e. The fourth-order valence-corrected chi connectivity index (χ4v) is 9.90. The van der Waals surface area contributed by atoms with E-state index in [1.165, 1.54) is 94.3 Å². The van der Waals surface area contributed by atoms with Crippen molar-refractivity contribution >= 4 is 38.9 Å². The van der Waals surface area contributed by atoms with Gasteiger partial charge in [0.2, 0.25) is 0 Å². The Morgan fingerprint density at radius 3 is 1.67 bits per heavy atom. The zero-order chi connectivity index (χ0) is 41.2. The molecule has 0 atom stereocenters. The van der Waals surface area contributed by atoms with E-state index >= 15 is 0 Å². The average Bonchev–Trinajstić information content (AvgIpc) is 3.75. The van der Waals surface area contributed by atoms with E-state index in [4.69, 9.17) is 0 Å². The summed E-state index contributed by atoms with van der Waals surface area (Å²) in [7, 11) is 0. The fourth-order valence-electron chi connectivity index (χ4n) is 9.90. The molecule has 9 aromatic carbocycles. The summed E-state index contributed by atoms with van der Waals surface area (Å²) in [5.41, 5.74) is 22.2. The number of anilines is 3. The number of fused-ring (bicyclic) bond motifs is 6. The number of hydrogen-bond acceptors (Lipinski definition) is 1. The highest BCUT2D eigenvalue weighted by Gasteiger charge is 2.36. The molecule has 1 aliphatic carbocycles. The summed E-state index contributed by atoms with van der Waals surface area (Å²) in [5, 5.41) is 2.54. The van der Waals surface area contributed by atoms with Crippen LogP contribution in [-0.4, -0.2) is 4.57 Å². The van der Waals surface area contributed by atoms with Crippen LogP contribution in [0.3, 0.4) is 0 Å². The molecule has 2 nitrogen and oxygen atoms in total. The molecule has 10 aromatic rings. The Morgan fingerprint density at radius 1 is 0.361 bits per heavy atom. The number of rotatable bonds is 7. The molecule has 0 spiro atoms. The molecule has 1 aromatic heterocycles. The van der Waals surface area contributed by atoms with Gasteiger partial charge in [-0.2, -0.15) is 0 Å². The van der Waals surface area contributed by atoms with Crippen molar-refractivity contribution in [2.24, 2.45) is 0 Å². The van der Waals surface area contributed by atoms with Crippen LogP contribution in [0.5, 0.6) is 0 Å². The van der Waals surface area contributed by atoms with Crippen molar-refractivity contribution in [1.82, 2.24) is 4.57 Å². The summed E-state index contributed by atoms with van der Waals surface area (Å²) in [6.07, 6.45) is 0. The number of hydrogen-bond donors (Lipinski definition) is 0. The minimum absolute atomic E-state index is 0.218. The van der Waals surface area contributed by atoms with Gasteiger partial charge in [-0.1, -0.05) is 153 Å². The summed E-state index contributed by atoms with van der Waals surface area (Å²) >= 11 is 0. The predicted octanol–water partition coefficient (Wildman–Crippen LogP) is 16.2. The van der Waals surface area contributed by atoms with Crippen LogP contribution in [0.25, 0.3) is 72.0 Å². The molecule has 61 heavy (non-hydrogen) atoms. The average molecular weight is 783 g/mol. The molecular weight excluding hydrogens is 737 g/mol. The van der Waals surface area contributed by atoms with Crippen molar-refractivity contribution in [2.45, 2.75) is 33.1 Å². The van der Waals surface area contributed by atoms with Crippen LogP contribution >= 0.6 is 0 Å². The normalized spacial score (nSPS) is 12.7. The summed E-state index contributed by atoms with van der Waals surface area (Å²) in [4.78, 5) is 2.39. The molecule has 0 saturated heterocycles. The first-order valence-electron chi connectivity index (χ1n) is 21.3. The molecule has 1 heterocycles. The molecule has 0 radical (unpaired) electrons. The maximum absolute atomic E-state index is 2.45. The number of nitrogens with zero attached hydrogens (tertiary/aromatic N) is 2. The SMILES string of the molecule is Cc1ccccc1-c1ccc(-c2ccc(N(c3ccccc3)c3ccc4c(c3)C(C)(C)c3cc(-n5c6ccccc6c6cc(-c7ccccc7)ccc65)ccc3-4)cc2)cc1C. The third-order valence-corrected chi connectivity index (χ3v) is 13.1. The molecule has 0 saturated carbocycles. The van der Waals surface area contributed by atoms with Crippen LogP contribution in [0, 0.1) is 13.8 Å². The lowest BCUT2D eigenvalue weighted by molar-refractivity contribution is 0.660. The molecule has 0 unspecified atom stereocenters. The second-order valence-electron chi connectivity index (χ2n) is 17.1. The van der Waals surface area contributed by atoms with Gasteiger partial charge >= 0.3 is 0 Å². The van der Waals surface area contributed by atoms with Crippen LogP contribution in [0.1, 0.15) is 36.1 Å². The van der Waals surface area contributed by atoms with E-state index in [-0.39, 0.29) is 5.41 Å². The fraction of sp³-hybridized carbons (Fsp3) is 0.0847. The molecular formula is C59H46N2. The molecule has 1 aliphatic rings. The first-order valence-corrected chi connectivity index (χ1v) is 21.3. The zero-order valence-corrected chi connectivity index (χ0v) is 35.0. The minimum Gasteiger partial charge on any atom is -0.310 e. The molecule has 2 heteroatoms. The highest BCUT2D eigenvalue weighted by molar-refractivity contribution is 6.10. The van der Waals surface area contributed by atoms with Crippen molar-refractivity contribution < 1.29 is 0 Å². The highest BCUT2D eigenvalue weighted by atomic mass is 15.1. The third-order valence-electron chi connectivity index (χ3n) is 13.1. The summed E-state index contributed by atoms with van der Waals surface area (Å²) in [6, 6.07) is 75.9. The van der Waals surface area contributed by atoms with Gasteiger partial charge in [0.15, 0.2) is 0 Å². The first-order chi connectivity index (χ1) is 29.8. The largest absolute Gasteiger partial charge is 0.310 e. The molecule has 0 N–H and O–H groups in total. The van der Waals surface area contributed by atoms with Crippen molar-refractivity contribution in [3.8, 4) is 50.2 Å². The van der Waals surface area contributed by atoms with E-state index < -0.39 is 0 Å². The van der Waals surface area contributed by atoms with Gasteiger partial charge in [-0.05, 0) is 147 Å². The van der Waals surface area contributed by atoms with Gasteiger partial charge in [0, 0.05) is 38.9 Å². The highest BCUT2D eigenvalue weighted by Crippen LogP contribution is 2.52. The van der Waals surface area contributed by atoms with Gasteiger partial charge < -0.3 is 9.47 Å². The van der Waals surface area contributed by atoms with Crippen molar-refractivity contribution in [1.29, 1.82) is 0 Å². The van der Waals surface area contributed by atoms with Crippen LogP contribution in [0.2, 0.25) is 0 Å². The van der Waals surface area contributed by atoms with Crippen LogP contribution in [-0.2, 0) is 5.41 Å². The zero-order valence-electron chi connectivity index (χ0n) is 35.0. The predicted molar refractivity (Wildman–Crippen MR) is 259 cm³/mol. The van der Waals surface area contributed by atoms with E-state index in [1.807, 2.05) is 0 Å². The molecule has 292 valence electrons. The Morgan fingerprint density at radius 2 is 0.902 bits per heavy atom. The topological polar surface area (TPSA) is 8.17 Å². The molecule has 0 bridgehead atoms. The monoisotopic (exact) mass is 782 g/mol. The number of aryl methyl sites for hydroxylation is 2. The van der Waals surface area contributed by atoms with Crippen LogP contribution in [0.4, 0.5) is 17.1 Å². The van der Waals surface area contributed by atoms with Gasteiger partial charge in [0.05, 0.1) is 11.0 Å². The maximum Gasteiger partial charge on any atom is 0.0541 e. The summed E-state index contributed by atoms with van der Waals surface area (Å²) < 4.78 is 2.45. The number of aromatic nitrogens is 1. The lowest BCUT2D eigenvalue weighted by Gasteiger charge is -2.28. The lowest BCUT2D eigenvalue weighted by Crippen LogP contribution is -2.17. The van der Waals surface area contributed by atoms with Gasteiger partial charge in [-0.3, -0.25) is 0 Å². The summed E-state index contributed by atoms with van der Waals surface area (Å²) in [5.74, 6) is 0. The van der Waals surface area contributed by atoms with Gasteiger partial charge in [0.25, 0.3) is 0 Å². The van der Waals surface area contributed by atoms with Crippen molar-refractivity contribution in [3.63, 3.8) is 0 Å². The van der Waals surface area contributed by atoms with Gasteiger partial charge in [-0.15, -0.1) is 0 Å². The Balaban J connectivity index is 0.957. The van der Waals surface area contributed by atoms with Gasteiger partial charge in [-0.25, -0.2) is 0 Å². The van der Waals surface area contributed by atoms with Crippen LogP contribution < -0.4 is 4.90 Å². The molecule has 0 amide bonds. The number of benzene rings is 9. The van der Waals surface area contributed by atoms with E-state index in [0.717, 1.165) is 17.1 Å². The maximum atomic E-state index is 2.45. The first kappa shape index (κ1) is 36.6. The Hall–Kier alpha value is -7.42. The van der Waals surface area contributed by atoms with E-state index in [2.05, 4.69) is 243 Å². The third kappa shape index (κ3) is 6.09. The second kappa shape index (κ2) is 14.4. The van der Waals surface area contributed by atoms with E-state index in [0.29, 0.717) is 0 Å². The Labute approximate surface area is 358 Å². The minimum atomic E-state index is -0.218. The Kier molecular flexibility index (Phi) is 8.65. The standard InChI is InChI=1S/C59H46N2/c1-39-15-11-12-20-49(39)50-31-25-43(35-40(50)2)42-23-27-46(28-24-42)60(45-18-9-6-10-19-45)47-29-32-51-52-33-30-48(38-56(52)59(3,4)55(51)37-47)61-57-22-14-13-21-53(57)54-36-44(26-34-58(54)61)41-16-7-5-8-17-41/h5-38H,1-4H3. The summed E-state index contributed by atoms with van der Waals surface area (Å²) in [6.45, 7) is 9.18. The van der Waals surface area contributed by atoms with Crippen molar-refractivity contribution in [3.05, 3.63) is 229 Å². The van der Waals surface area contributed by atoms with Crippen molar-refractivity contribution in [2.75, 3.05) is 4.90 Å². The quantitative estimate of drug-likeness (QED) is 0.156. The van der Waals surface area contributed by atoms with Crippen LogP contribution in [0.15, 0.2) is 206 Å². The van der Waals surface area contributed by atoms with E-state index in [9.17, 15) is 0 Å². The van der Waals surface area contributed by atoms with E-state index in [1.54, 1.807) is 0 Å². The molecule has 0 fully saturated rings. The van der Waals surface area contributed by atoms with Gasteiger partial charge in [0.1, 0.15) is 0 Å². The lowest BCUT2D eigenvalue weighted by atomic mass is 9.82. The second-order valence-corrected chi connectivity index (χ2v) is 17.1. The molecule has 0 aliphatic heterocycles. The molecule has 11 rings (SSSR count). The number of para-hydroxylation sites is 2.